The van der Waals surface area contributed by atoms with Gasteiger partial charge >= 0.3 is 0 Å². The number of ether oxygens (including phenoxy) is 1. The van der Waals surface area contributed by atoms with Gasteiger partial charge in [0.1, 0.15) is 15.6 Å². The van der Waals surface area contributed by atoms with Crippen LogP contribution in [0.2, 0.25) is 0 Å². The molecule has 112 valence electrons. The molecular formula is C15H23NO3S. The van der Waals surface area contributed by atoms with Gasteiger partial charge in [-0.05, 0) is 43.9 Å². The molecule has 20 heavy (non-hydrogen) atoms. The quantitative estimate of drug-likeness (QED) is 0.928. The summed E-state index contributed by atoms with van der Waals surface area (Å²) in [5.41, 5.74) is 2.11. The molecule has 0 saturated heterocycles. The highest BCUT2D eigenvalue weighted by Gasteiger charge is 2.29. The highest BCUT2D eigenvalue weighted by Crippen LogP contribution is 2.30. The van der Waals surface area contributed by atoms with Crippen molar-refractivity contribution in [3.63, 3.8) is 0 Å². The normalized spacial score (nSPS) is 23.4. The minimum atomic E-state index is -2.95. The van der Waals surface area contributed by atoms with Crippen molar-refractivity contribution in [2.24, 2.45) is 0 Å². The van der Waals surface area contributed by atoms with Gasteiger partial charge in [0.15, 0.2) is 0 Å². The van der Waals surface area contributed by atoms with E-state index in [4.69, 9.17) is 4.74 Å². The Morgan fingerprint density at radius 3 is 2.70 bits per heavy atom. The molecule has 0 bridgehead atoms. The van der Waals surface area contributed by atoms with Crippen LogP contribution in [0.1, 0.15) is 31.2 Å². The van der Waals surface area contributed by atoms with Crippen LogP contribution in [0.25, 0.3) is 0 Å². The molecule has 1 fully saturated rings. The summed E-state index contributed by atoms with van der Waals surface area (Å²) in [5, 5.41) is 3.24. The molecular weight excluding hydrogens is 274 g/mol. The van der Waals surface area contributed by atoms with Crippen LogP contribution in [0.4, 0.5) is 5.69 Å². The average molecular weight is 297 g/mol. The van der Waals surface area contributed by atoms with Gasteiger partial charge in [-0.2, -0.15) is 0 Å². The van der Waals surface area contributed by atoms with Crippen LogP contribution in [0.3, 0.4) is 0 Å². The molecule has 0 radical (unpaired) electrons. The van der Waals surface area contributed by atoms with Crippen molar-refractivity contribution in [3.05, 3.63) is 23.8 Å². The molecule has 0 heterocycles. The smallest absolute Gasteiger partial charge is 0.150 e. The number of rotatable bonds is 4. The monoisotopic (exact) mass is 297 g/mol. The highest BCUT2D eigenvalue weighted by molar-refractivity contribution is 7.91. The Bertz CT molecular complexity index is 568. The summed E-state index contributed by atoms with van der Waals surface area (Å²) in [4.78, 5) is 0. The van der Waals surface area contributed by atoms with Crippen molar-refractivity contribution in [1.82, 2.24) is 0 Å². The Hall–Kier alpha value is -1.23. The standard InChI is InChI=1S/C15H23NO3S/c1-11-7-8-15(19-2)14(9-11)16-12-5-4-6-13(10-12)20(3,17)18/h7-9,12-13,16H,4-6,10H2,1-3H3. The van der Waals surface area contributed by atoms with Gasteiger partial charge in [0.05, 0.1) is 18.0 Å². The maximum atomic E-state index is 11.7. The minimum absolute atomic E-state index is 0.194. The summed E-state index contributed by atoms with van der Waals surface area (Å²) in [7, 11) is -1.30. The Morgan fingerprint density at radius 1 is 1.30 bits per heavy atom. The lowest BCUT2D eigenvalue weighted by molar-refractivity contribution is 0.412. The molecule has 1 aromatic rings. The van der Waals surface area contributed by atoms with Crippen LogP contribution in [0.15, 0.2) is 18.2 Å². The predicted octanol–water partition coefficient (Wildman–Crippen LogP) is 2.77. The van der Waals surface area contributed by atoms with Crippen LogP contribution < -0.4 is 10.1 Å². The van der Waals surface area contributed by atoms with Crippen molar-refractivity contribution in [2.75, 3.05) is 18.7 Å². The summed E-state index contributed by atoms with van der Waals surface area (Å²) in [6.07, 6.45) is 4.75. The molecule has 5 heteroatoms. The van der Waals surface area contributed by atoms with Gasteiger partial charge in [0.2, 0.25) is 0 Å². The fourth-order valence-corrected chi connectivity index (χ4v) is 4.00. The third-order valence-electron chi connectivity index (χ3n) is 3.95. The van der Waals surface area contributed by atoms with Gasteiger partial charge in [-0.3, -0.25) is 0 Å². The summed E-state index contributed by atoms with van der Waals surface area (Å²) >= 11 is 0. The average Bonchev–Trinajstić information content (AvgIpc) is 2.38. The third kappa shape index (κ3) is 3.66. The molecule has 2 rings (SSSR count). The largest absolute Gasteiger partial charge is 0.495 e. The zero-order valence-corrected chi connectivity index (χ0v) is 13.2. The maximum Gasteiger partial charge on any atom is 0.150 e. The van der Waals surface area contributed by atoms with E-state index in [1.807, 2.05) is 25.1 Å². The molecule has 0 aliphatic heterocycles. The van der Waals surface area contributed by atoms with Gasteiger partial charge in [0, 0.05) is 12.3 Å². The molecule has 2 atom stereocenters. The van der Waals surface area contributed by atoms with Crippen molar-refractivity contribution in [1.29, 1.82) is 0 Å². The number of methoxy groups -OCH3 is 1. The molecule has 0 amide bonds. The van der Waals surface area contributed by atoms with E-state index in [0.29, 0.717) is 6.42 Å². The summed E-state index contributed by atoms with van der Waals surface area (Å²) < 4.78 is 28.8. The van der Waals surface area contributed by atoms with E-state index in [2.05, 4.69) is 5.32 Å². The first kappa shape index (κ1) is 15.2. The number of nitrogens with one attached hydrogen (secondary N) is 1. The Labute approximate surface area is 121 Å². The summed E-state index contributed by atoms with van der Waals surface area (Å²) in [5.74, 6) is 0.803. The zero-order valence-electron chi connectivity index (χ0n) is 12.3. The summed E-state index contributed by atoms with van der Waals surface area (Å²) in [6, 6.07) is 6.18. The van der Waals surface area contributed by atoms with E-state index in [1.165, 1.54) is 6.26 Å². The second-order valence-electron chi connectivity index (χ2n) is 5.66. The lowest BCUT2D eigenvalue weighted by atomic mass is 9.94. The van der Waals surface area contributed by atoms with Crippen molar-refractivity contribution >= 4 is 15.5 Å². The van der Waals surface area contributed by atoms with E-state index in [1.54, 1.807) is 7.11 Å². The zero-order chi connectivity index (χ0) is 14.8. The number of benzene rings is 1. The second-order valence-corrected chi connectivity index (χ2v) is 7.99. The number of sulfone groups is 1. The molecule has 2 unspecified atom stereocenters. The molecule has 0 spiro atoms. The fourth-order valence-electron chi connectivity index (χ4n) is 2.82. The first-order valence-corrected chi connectivity index (χ1v) is 8.95. The lowest BCUT2D eigenvalue weighted by Crippen LogP contribution is -2.34. The second kappa shape index (κ2) is 6.04. The van der Waals surface area contributed by atoms with E-state index >= 15 is 0 Å². The van der Waals surface area contributed by atoms with E-state index in [-0.39, 0.29) is 11.3 Å². The molecule has 4 nitrogen and oxygen atoms in total. The van der Waals surface area contributed by atoms with Crippen LogP contribution in [-0.4, -0.2) is 33.1 Å². The van der Waals surface area contributed by atoms with Gasteiger partial charge < -0.3 is 10.1 Å². The number of hydrogen-bond donors (Lipinski definition) is 1. The molecule has 0 aromatic heterocycles. The molecule has 1 aliphatic carbocycles. The maximum absolute atomic E-state index is 11.7. The van der Waals surface area contributed by atoms with Crippen LogP contribution in [0.5, 0.6) is 5.75 Å². The van der Waals surface area contributed by atoms with E-state index in [9.17, 15) is 8.42 Å². The molecule has 1 N–H and O–H groups in total. The Morgan fingerprint density at radius 2 is 2.05 bits per heavy atom. The predicted molar refractivity (Wildman–Crippen MR) is 82.2 cm³/mol. The van der Waals surface area contributed by atoms with E-state index in [0.717, 1.165) is 36.3 Å². The molecule has 1 aromatic carbocycles. The first-order chi connectivity index (χ1) is 9.40. The Kier molecular flexibility index (Phi) is 4.58. The van der Waals surface area contributed by atoms with Crippen molar-refractivity contribution in [3.8, 4) is 5.75 Å². The first-order valence-electron chi connectivity index (χ1n) is 7.00. The molecule has 1 aliphatic rings. The SMILES string of the molecule is COc1ccc(C)cc1NC1CCCC(S(C)(=O)=O)C1. The van der Waals surface area contributed by atoms with Gasteiger partial charge in [0.25, 0.3) is 0 Å². The lowest BCUT2D eigenvalue weighted by Gasteiger charge is -2.30. The van der Waals surface area contributed by atoms with Crippen LogP contribution in [0, 0.1) is 6.92 Å². The molecule has 1 saturated carbocycles. The number of anilines is 1. The van der Waals surface area contributed by atoms with Gasteiger partial charge in [-0.15, -0.1) is 0 Å². The number of hydrogen-bond acceptors (Lipinski definition) is 4. The van der Waals surface area contributed by atoms with Gasteiger partial charge in [-0.1, -0.05) is 12.5 Å². The van der Waals surface area contributed by atoms with Gasteiger partial charge in [-0.25, -0.2) is 8.42 Å². The van der Waals surface area contributed by atoms with Crippen LogP contribution in [-0.2, 0) is 9.84 Å². The highest BCUT2D eigenvalue weighted by atomic mass is 32.2. The van der Waals surface area contributed by atoms with Crippen molar-refractivity contribution < 1.29 is 13.2 Å². The Balaban J connectivity index is 2.12. The fraction of sp³-hybridized carbons (Fsp3) is 0.600. The van der Waals surface area contributed by atoms with Crippen molar-refractivity contribution in [2.45, 2.75) is 43.9 Å². The topological polar surface area (TPSA) is 55.4 Å². The van der Waals surface area contributed by atoms with E-state index < -0.39 is 9.84 Å². The van der Waals surface area contributed by atoms with Crippen LogP contribution >= 0.6 is 0 Å². The minimum Gasteiger partial charge on any atom is -0.495 e. The third-order valence-corrected chi connectivity index (χ3v) is 5.59. The summed E-state index contributed by atoms with van der Waals surface area (Å²) in [6.45, 7) is 2.03. The number of aryl methyl sites for hydroxylation is 1.